The van der Waals surface area contributed by atoms with Gasteiger partial charge in [0.25, 0.3) is 5.91 Å². The molecule has 21 heavy (non-hydrogen) atoms. The molecule has 1 heterocycles. The molecule has 1 aliphatic carbocycles. The van der Waals surface area contributed by atoms with Crippen LogP contribution in [0.3, 0.4) is 0 Å². The van der Waals surface area contributed by atoms with Gasteiger partial charge in [0.15, 0.2) is 0 Å². The third-order valence-electron chi connectivity index (χ3n) is 4.71. The van der Waals surface area contributed by atoms with Crippen LogP contribution in [-0.4, -0.2) is 48.2 Å². The van der Waals surface area contributed by atoms with Crippen LogP contribution in [0.5, 0.6) is 0 Å². The van der Waals surface area contributed by atoms with E-state index in [1.807, 2.05) is 6.92 Å². The lowest BCUT2D eigenvalue weighted by Crippen LogP contribution is -2.49. The minimum Gasteiger partial charge on any atom is -0.377 e. The highest BCUT2D eigenvalue weighted by atomic mass is 16.5. The van der Waals surface area contributed by atoms with E-state index in [4.69, 9.17) is 10.5 Å². The summed E-state index contributed by atoms with van der Waals surface area (Å²) in [5.74, 6) is 0.570. The molecule has 2 fully saturated rings. The van der Waals surface area contributed by atoms with Gasteiger partial charge in [-0.15, -0.1) is 0 Å². The van der Waals surface area contributed by atoms with Gasteiger partial charge in [-0.3, -0.25) is 9.69 Å². The molecule has 0 aromatic carbocycles. The van der Waals surface area contributed by atoms with E-state index in [9.17, 15) is 9.59 Å². The fourth-order valence-electron chi connectivity index (χ4n) is 3.25. The molecule has 0 aromatic rings. The molecule has 1 unspecified atom stereocenters. The first-order valence-electron chi connectivity index (χ1n) is 7.98. The van der Waals surface area contributed by atoms with Crippen molar-refractivity contribution < 1.29 is 14.3 Å². The smallest absolute Gasteiger partial charge is 0.325 e. The zero-order valence-electron chi connectivity index (χ0n) is 13.1. The lowest BCUT2D eigenvalue weighted by atomic mass is 9.77. The number of amides is 3. The Hall–Kier alpha value is -1.14. The maximum atomic E-state index is 12.6. The summed E-state index contributed by atoms with van der Waals surface area (Å²) in [6, 6.07) is -0.262. The zero-order valence-corrected chi connectivity index (χ0v) is 13.1. The normalized spacial score (nSPS) is 30.8. The number of hydrogen-bond donors (Lipinski definition) is 2. The summed E-state index contributed by atoms with van der Waals surface area (Å²) in [6.45, 7) is 5.47. The average Bonchev–Trinajstić information content (AvgIpc) is 2.70. The predicted octanol–water partition coefficient (Wildman–Crippen LogP) is 1.24. The molecule has 3 amide bonds. The highest BCUT2D eigenvalue weighted by molar-refractivity contribution is 6.07. The maximum Gasteiger partial charge on any atom is 0.325 e. The summed E-state index contributed by atoms with van der Waals surface area (Å²) in [6.07, 6.45) is 3.98. The van der Waals surface area contributed by atoms with E-state index in [-0.39, 0.29) is 18.0 Å². The van der Waals surface area contributed by atoms with Crippen molar-refractivity contribution in [2.45, 2.75) is 57.6 Å². The standard InChI is InChI=1S/C15H27N3O3/c1-3-21-12(10-16)6-9-18-13(19)15(17-14(18)20)7-4-11(2)5-8-15/h11-12H,3-10,16H2,1-2H3,(H,17,20). The van der Waals surface area contributed by atoms with Gasteiger partial charge in [0.05, 0.1) is 6.10 Å². The molecule has 1 atom stereocenters. The Balaban J connectivity index is 1.95. The fourth-order valence-corrected chi connectivity index (χ4v) is 3.25. The van der Waals surface area contributed by atoms with Crippen molar-refractivity contribution in [3.8, 4) is 0 Å². The monoisotopic (exact) mass is 297 g/mol. The third-order valence-corrected chi connectivity index (χ3v) is 4.71. The van der Waals surface area contributed by atoms with Gasteiger partial charge in [0.2, 0.25) is 0 Å². The molecule has 6 heteroatoms. The van der Waals surface area contributed by atoms with E-state index < -0.39 is 5.54 Å². The van der Waals surface area contributed by atoms with Crippen molar-refractivity contribution in [1.29, 1.82) is 0 Å². The van der Waals surface area contributed by atoms with E-state index in [2.05, 4.69) is 12.2 Å². The summed E-state index contributed by atoms with van der Waals surface area (Å²) >= 11 is 0. The van der Waals surface area contributed by atoms with Crippen molar-refractivity contribution in [2.75, 3.05) is 19.7 Å². The van der Waals surface area contributed by atoms with E-state index in [1.54, 1.807) is 0 Å². The first-order valence-corrected chi connectivity index (χ1v) is 7.98. The lowest BCUT2D eigenvalue weighted by Gasteiger charge is -2.33. The predicted molar refractivity (Wildman–Crippen MR) is 79.7 cm³/mol. The van der Waals surface area contributed by atoms with Gasteiger partial charge in [-0.05, 0) is 44.9 Å². The average molecular weight is 297 g/mol. The molecule has 1 aliphatic heterocycles. The van der Waals surface area contributed by atoms with Crippen LogP contribution in [0.25, 0.3) is 0 Å². The molecule has 0 bridgehead atoms. The summed E-state index contributed by atoms with van der Waals surface area (Å²) < 4.78 is 5.48. The van der Waals surface area contributed by atoms with Crippen molar-refractivity contribution in [3.05, 3.63) is 0 Å². The second-order valence-corrected chi connectivity index (χ2v) is 6.25. The Bertz CT molecular complexity index is 392. The number of rotatable bonds is 6. The van der Waals surface area contributed by atoms with Crippen LogP contribution in [0.2, 0.25) is 0 Å². The molecule has 120 valence electrons. The van der Waals surface area contributed by atoms with E-state index in [0.717, 1.165) is 25.7 Å². The Morgan fingerprint density at radius 2 is 2.10 bits per heavy atom. The molecule has 1 spiro atoms. The third kappa shape index (κ3) is 3.37. The molecule has 2 aliphatic rings. The van der Waals surface area contributed by atoms with Crippen molar-refractivity contribution >= 4 is 11.9 Å². The van der Waals surface area contributed by atoms with Crippen LogP contribution in [0.1, 0.15) is 46.0 Å². The molecule has 1 saturated carbocycles. The Labute approximate surface area is 126 Å². The molecular formula is C15H27N3O3. The topological polar surface area (TPSA) is 84.7 Å². The number of carbonyl (C=O) groups excluding carboxylic acids is 2. The highest BCUT2D eigenvalue weighted by Crippen LogP contribution is 2.36. The van der Waals surface area contributed by atoms with Crippen LogP contribution >= 0.6 is 0 Å². The summed E-state index contributed by atoms with van der Waals surface area (Å²) in [5.41, 5.74) is 4.99. The Kier molecular flexibility index (Phi) is 5.22. The van der Waals surface area contributed by atoms with Crippen LogP contribution in [0.4, 0.5) is 4.79 Å². The first-order chi connectivity index (χ1) is 10.0. The number of nitrogens with one attached hydrogen (secondary N) is 1. The number of hydrogen-bond acceptors (Lipinski definition) is 4. The molecule has 6 nitrogen and oxygen atoms in total. The Morgan fingerprint density at radius 1 is 1.43 bits per heavy atom. The largest absolute Gasteiger partial charge is 0.377 e. The van der Waals surface area contributed by atoms with Crippen LogP contribution in [0.15, 0.2) is 0 Å². The van der Waals surface area contributed by atoms with Gasteiger partial charge in [0, 0.05) is 19.7 Å². The highest BCUT2D eigenvalue weighted by Gasteiger charge is 2.51. The quantitative estimate of drug-likeness (QED) is 0.722. The fraction of sp³-hybridized carbons (Fsp3) is 0.867. The molecular weight excluding hydrogens is 270 g/mol. The summed E-state index contributed by atoms with van der Waals surface area (Å²) in [4.78, 5) is 26.1. The minimum absolute atomic E-state index is 0.0633. The van der Waals surface area contributed by atoms with Gasteiger partial charge < -0.3 is 15.8 Å². The Morgan fingerprint density at radius 3 is 2.67 bits per heavy atom. The molecule has 0 aromatic heterocycles. The number of urea groups is 1. The summed E-state index contributed by atoms with van der Waals surface area (Å²) in [5, 5.41) is 2.93. The molecule has 3 N–H and O–H groups in total. The summed E-state index contributed by atoms with van der Waals surface area (Å²) in [7, 11) is 0. The van der Waals surface area contributed by atoms with Crippen molar-refractivity contribution in [3.63, 3.8) is 0 Å². The van der Waals surface area contributed by atoms with E-state index in [1.165, 1.54) is 4.90 Å². The van der Waals surface area contributed by atoms with E-state index in [0.29, 0.717) is 32.0 Å². The van der Waals surface area contributed by atoms with Crippen LogP contribution in [-0.2, 0) is 9.53 Å². The zero-order chi connectivity index (χ0) is 15.5. The second kappa shape index (κ2) is 6.75. The van der Waals surface area contributed by atoms with Crippen molar-refractivity contribution in [1.82, 2.24) is 10.2 Å². The second-order valence-electron chi connectivity index (χ2n) is 6.25. The van der Waals surface area contributed by atoms with Gasteiger partial charge in [-0.1, -0.05) is 6.92 Å². The number of nitrogens with zero attached hydrogens (tertiary/aromatic N) is 1. The minimum atomic E-state index is -0.645. The number of carbonyl (C=O) groups is 2. The van der Waals surface area contributed by atoms with Gasteiger partial charge >= 0.3 is 6.03 Å². The molecule has 2 rings (SSSR count). The first kappa shape index (κ1) is 16.2. The number of imide groups is 1. The lowest BCUT2D eigenvalue weighted by molar-refractivity contribution is -0.132. The SMILES string of the molecule is CCOC(CN)CCN1C(=O)NC2(CCC(C)CC2)C1=O. The molecule has 0 radical (unpaired) electrons. The van der Waals surface area contributed by atoms with Crippen molar-refractivity contribution in [2.24, 2.45) is 11.7 Å². The van der Waals surface area contributed by atoms with Crippen LogP contribution in [0, 0.1) is 5.92 Å². The number of nitrogens with two attached hydrogens (primary N) is 1. The molecule has 1 saturated heterocycles. The van der Waals surface area contributed by atoms with Gasteiger partial charge in [-0.25, -0.2) is 4.79 Å². The van der Waals surface area contributed by atoms with Crippen LogP contribution < -0.4 is 11.1 Å². The van der Waals surface area contributed by atoms with Gasteiger partial charge in [-0.2, -0.15) is 0 Å². The van der Waals surface area contributed by atoms with Gasteiger partial charge in [0.1, 0.15) is 5.54 Å². The number of ether oxygens (including phenoxy) is 1. The maximum absolute atomic E-state index is 12.6. The van der Waals surface area contributed by atoms with E-state index >= 15 is 0 Å².